The monoisotopic (exact) mass is 702 g/mol. The summed E-state index contributed by atoms with van der Waals surface area (Å²) in [7, 11) is -5.01. The molecule has 0 amide bonds. The lowest BCUT2D eigenvalue weighted by Gasteiger charge is -2.43. The van der Waals surface area contributed by atoms with Crippen LogP contribution in [-0.4, -0.2) is 46.8 Å². The van der Waals surface area contributed by atoms with Gasteiger partial charge in [-0.1, -0.05) is 181 Å². The number of carbonyl (C=O) groups is 1. The van der Waals surface area contributed by atoms with Crippen molar-refractivity contribution in [1.29, 1.82) is 0 Å². The standard InChI is InChI=1S/C22H28O2Si.C22H26O2Si/c2*1-22(2,3)25(19-12-6-4-7-13-19,20-14-8-5-9-15-20)24-17-18-11-10-16-21(18)23/h4-10,12-16,18,21,23H,11,17H2,1-3H3;4-10,12-16,18H,11,17H2,1-3H3/t18-,21-;18-/m00/s1. The summed E-state index contributed by atoms with van der Waals surface area (Å²) in [5.74, 6) is 0.307. The Balaban J connectivity index is 0.000000194. The van der Waals surface area contributed by atoms with Crippen LogP contribution in [0.5, 0.6) is 0 Å². The summed E-state index contributed by atoms with van der Waals surface area (Å²) < 4.78 is 13.7. The Hall–Kier alpha value is -3.66. The molecule has 0 heterocycles. The Labute approximate surface area is 302 Å². The first-order chi connectivity index (χ1) is 23.9. The Morgan fingerprint density at radius 1 is 0.580 bits per heavy atom. The first kappa shape index (κ1) is 37.6. The molecular formula is C44H54O4Si2. The number of rotatable bonds is 10. The highest BCUT2D eigenvalue weighted by atomic mass is 28.4. The van der Waals surface area contributed by atoms with E-state index in [2.05, 4.69) is 157 Å². The van der Waals surface area contributed by atoms with Gasteiger partial charge in [-0.25, -0.2) is 0 Å². The molecular weight excluding hydrogens is 649 g/mol. The number of aliphatic hydroxyl groups excluding tert-OH is 1. The van der Waals surface area contributed by atoms with Gasteiger partial charge in [0.25, 0.3) is 16.6 Å². The van der Waals surface area contributed by atoms with E-state index in [1.807, 2.05) is 24.3 Å². The topological polar surface area (TPSA) is 55.8 Å². The summed E-state index contributed by atoms with van der Waals surface area (Å²) in [5.41, 5.74) is 0. The second-order valence-corrected chi connectivity index (χ2v) is 24.2. The predicted octanol–water partition coefficient (Wildman–Crippen LogP) is 7.21. The van der Waals surface area contributed by atoms with Crippen LogP contribution in [0.25, 0.3) is 0 Å². The molecule has 0 bridgehead atoms. The van der Waals surface area contributed by atoms with Gasteiger partial charge >= 0.3 is 0 Å². The van der Waals surface area contributed by atoms with Crippen LogP contribution in [0.2, 0.25) is 10.1 Å². The molecule has 2 aliphatic rings. The fourth-order valence-electron chi connectivity index (χ4n) is 7.59. The third-order valence-corrected chi connectivity index (χ3v) is 20.2. The lowest BCUT2D eigenvalue weighted by atomic mass is 10.1. The van der Waals surface area contributed by atoms with Gasteiger partial charge in [-0.15, -0.1) is 0 Å². The summed E-state index contributed by atoms with van der Waals surface area (Å²) in [6, 6.07) is 42.4. The fourth-order valence-corrected chi connectivity index (χ4v) is 16.8. The van der Waals surface area contributed by atoms with Gasteiger partial charge in [-0.2, -0.15) is 0 Å². The number of benzene rings is 4. The van der Waals surface area contributed by atoms with Crippen LogP contribution >= 0.6 is 0 Å². The first-order valence-corrected chi connectivity index (χ1v) is 21.8. The minimum absolute atomic E-state index is 0.0211. The third kappa shape index (κ3) is 7.95. The van der Waals surface area contributed by atoms with E-state index >= 15 is 0 Å². The van der Waals surface area contributed by atoms with Gasteiger partial charge in [0.15, 0.2) is 5.78 Å². The Morgan fingerprint density at radius 3 is 1.26 bits per heavy atom. The molecule has 0 saturated carbocycles. The molecule has 4 aromatic carbocycles. The molecule has 0 saturated heterocycles. The normalized spacial score (nSPS) is 19.3. The quantitative estimate of drug-likeness (QED) is 0.140. The van der Waals surface area contributed by atoms with Crippen LogP contribution in [0.15, 0.2) is 146 Å². The summed E-state index contributed by atoms with van der Waals surface area (Å²) in [6.07, 6.45) is 8.89. The Morgan fingerprint density at radius 2 is 0.960 bits per heavy atom. The van der Waals surface area contributed by atoms with Gasteiger partial charge in [-0.3, -0.25) is 4.79 Å². The van der Waals surface area contributed by atoms with Crippen LogP contribution in [0.3, 0.4) is 0 Å². The van der Waals surface area contributed by atoms with E-state index in [-0.39, 0.29) is 27.7 Å². The van der Waals surface area contributed by atoms with Gasteiger partial charge < -0.3 is 14.0 Å². The average molecular weight is 703 g/mol. The molecule has 6 rings (SSSR count). The van der Waals surface area contributed by atoms with Gasteiger partial charge in [0.1, 0.15) is 0 Å². The van der Waals surface area contributed by atoms with Crippen molar-refractivity contribution < 1.29 is 18.8 Å². The molecule has 0 aliphatic heterocycles. The van der Waals surface area contributed by atoms with Gasteiger partial charge in [-0.05, 0) is 49.7 Å². The Kier molecular flexibility index (Phi) is 12.1. The van der Waals surface area contributed by atoms with Crippen LogP contribution < -0.4 is 20.7 Å². The lowest BCUT2D eigenvalue weighted by molar-refractivity contribution is -0.118. The Bertz CT molecular complexity index is 1630. The van der Waals surface area contributed by atoms with E-state index < -0.39 is 22.7 Å². The molecule has 6 heteroatoms. The molecule has 50 heavy (non-hydrogen) atoms. The zero-order valence-corrected chi connectivity index (χ0v) is 32.6. The SMILES string of the molecule is CC(C)(C)[Si](OC[C@@H]1CC=CC1=O)(c1ccccc1)c1ccccc1.CC(C)(C)[Si](OC[C@@H]1CC=C[C@@H]1O)(c1ccccc1)c1ccccc1. The van der Waals surface area contributed by atoms with Crippen molar-refractivity contribution in [2.24, 2.45) is 11.8 Å². The molecule has 262 valence electrons. The lowest BCUT2D eigenvalue weighted by Crippen LogP contribution is -2.67. The van der Waals surface area contributed by atoms with E-state index in [1.165, 1.54) is 20.7 Å². The maximum absolute atomic E-state index is 12.1. The van der Waals surface area contributed by atoms with E-state index in [1.54, 1.807) is 6.08 Å². The molecule has 1 N–H and O–H groups in total. The van der Waals surface area contributed by atoms with E-state index in [9.17, 15) is 9.90 Å². The minimum atomic E-state index is -2.53. The minimum Gasteiger partial charge on any atom is -0.407 e. The van der Waals surface area contributed by atoms with Crippen LogP contribution in [0.1, 0.15) is 54.4 Å². The van der Waals surface area contributed by atoms with Crippen molar-refractivity contribution in [1.82, 2.24) is 0 Å². The van der Waals surface area contributed by atoms with Gasteiger partial charge in [0, 0.05) is 25.0 Å². The molecule has 0 radical (unpaired) electrons. The van der Waals surface area contributed by atoms with E-state index in [0.29, 0.717) is 13.2 Å². The molecule has 4 aromatic rings. The zero-order chi connectivity index (χ0) is 35.8. The molecule has 2 aliphatic carbocycles. The highest BCUT2D eigenvalue weighted by Crippen LogP contribution is 2.39. The van der Waals surface area contributed by atoms with E-state index in [0.717, 1.165) is 12.8 Å². The number of allylic oxidation sites excluding steroid dienone is 3. The van der Waals surface area contributed by atoms with E-state index in [4.69, 9.17) is 8.85 Å². The van der Waals surface area contributed by atoms with Gasteiger partial charge in [0.05, 0.1) is 6.10 Å². The number of hydrogen-bond donors (Lipinski definition) is 1. The highest BCUT2D eigenvalue weighted by Gasteiger charge is 2.51. The number of aliphatic hydroxyl groups is 1. The second-order valence-electron chi connectivity index (χ2n) is 15.6. The van der Waals surface area contributed by atoms with Crippen molar-refractivity contribution in [3.8, 4) is 0 Å². The summed E-state index contributed by atoms with van der Waals surface area (Å²) in [4.78, 5) is 12.1. The molecule has 0 spiro atoms. The molecule has 0 aromatic heterocycles. The predicted molar refractivity (Wildman–Crippen MR) is 213 cm³/mol. The largest absolute Gasteiger partial charge is 0.407 e. The molecule has 4 nitrogen and oxygen atoms in total. The number of ketones is 1. The third-order valence-electron chi connectivity index (χ3n) is 10.2. The smallest absolute Gasteiger partial charge is 0.261 e. The van der Waals surface area contributed by atoms with Crippen molar-refractivity contribution in [3.63, 3.8) is 0 Å². The fraction of sp³-hybridized carbons (Fsp3) is 0.341. The highest BCUT2D eigenvalue weighted by molar-refractivity contribution is 7.00. The van der Waals surface area contributed by atoms with Crippen molar-refractivity contribution in [3.05, 3.63) is 146 Å². The number of hydrogen-bond acceptors (Lipinski definition) is 4. The number of carbonyl (C=O) groups excluding carboxylic acids is 1. The van der Waals surface area contributed by atoms with Gasteiger partial charge in [0.2, 0.25) is 0 Å². The summed E-state index contributed by atoms with van der Waals surface area (Å²) in [5, 5.41) is 15.2. The maximum atomic E-state index is 12.1. The molecule has 0 unspecified atom stereocenters. The zero-order valence-electron chi connectivity index (χ0n) is 30.6. The average Bonchev–Trinajstić information content (AvgIpc) is 3.73. The summed E-state index contributed by atoms with van der Waals surface area (Å²) in [6.45, 7) is 14.7. The van der Waals surface area contributed by atoms with Crippen LogP contribution in [-0.2, 0) is 13.6 Å². The van der Waals surface area contributed by atoms with Crippen molar-refractivity contribution in [2.45, 2.75) is 70.6 Å². The summed E-state index contributed by atoms with van der Waals surface area (Å²) >= 11 is 0. The maximum Gasteiger partial charge on any atom is 0.261 e. The van der Waals surface area contributed by atoms with Crippen LogP contribution in [0, 0.1) is 11.8 Å². The second kappa shape index (κ2) is 16.1. The van der Waals surface area contributed by atoms with Crippen LogP contribution in [0.4, 0.5) is 0 Å². The van der Waals surface area contributed by atoms with Crippen molar-refractivity contribution >= 4 is 43.2 Å². The molecule has 3 atom stereocenters. The first-order valence-electron chi connectivity index (χ1n) is 18.0. The van der Waals surface area contributed by atoms with Crippen molar-refractivity contribution in [2.75, 3.05) is 13.2 Å². The molecule has 0 fully saturated rings.